The number of nitrogens with two attached hydrogens (primary N) is 1. The summed E-state index contributed by atoms with van der Waals surface area (Å²) >= 11 is 0. The summed E-state index contributed by atoms with van der Waals surface area (Å²) in [5, 5.41) is 0. The van der Waals surface area contributed by atoms with Gasteiger partial charge in [-0.05, 0) is 37.7 Å². The summed E-state index contributed by atoms with van der Waals surface area (Å²) in [7, 11) is 0. The van der Waals surface area contributed by atoms with Crippen LogP contribution < -0.4 is 10.5 Å². The summed E-state index contributed by atoms with van der Waals surface area (Å²) in [6.45, 7) is 10.1. The Labute approximate surface area is 105 Å². The zero-order chi connectivity index (χ0) is 12.7. The largest absolute Gasteiger partial charge is 0.492 e. The number of likely N-dealkylation sites (N-methyl/N-ethyl adjacent to an activating group) is 1. The fourth-order valence-electron chi connectivity index (χ4n) is 1.72. The van der Waals surface area contributed by atoms with Crippen molar-refractivity contribution >= 4 is 0 Å². The van der Waals surface area contributed by atoms with Gasteiger partial charge in [-0.1, -0.05) is 26.0 Å². The molecule has 0 aromatic heterocycles. The van der Waals surface area contributed by atoms with Crippen molar-refractivity contribution in [2.75, 3.05) is 26.2 Å². The van der Waals surface area contributed by atoms with Gasteiger partial charge in [-0.25, -0.2) is 0 Å². The first-order valence-electron chi connectivity index (χ1n) is 6.38. The highest BCUT2D eigenvalue weighted by Crippen LogP contribution is 2.17. The molecular weight excluding hydrogens is 212 g/mol. The third kappa shape index (κ3) is 4.75. The van der Waals surface area contributed by atoms with Crippen molar-refractivity contribution in [2.45, 2.75) is 26.8 Å². The van der Waals surface area contributed by atoms with Gasteiger partial charge < -0.3 is 15.4 Å². The van der Waals surface area contributed by atoms with Crippen LogP contribution in [0, 0.1) is 0 Å². The Morgan fingerprint density at radius 3 is 2.59 bits per heavy atom. The van der Waals surface area contributed by atoms with E-state index in [0.717, 1.165) is 37.6 Å². The van der Waals surface area contributed by atoms with Gasteiger partial charge in [0.1, 0.15) is 12.4 Å². The molecule has 0 amide bonds. The standard InChI is InChI=1S/C14H24N2O/c1-4-16(5-2)9-10-17-14-8-6-7-13(11-14)12(3)15/h6-8,11-12H,4-5,9-10,15H2,1-3H3/t12-/m0/s1. The first-order valence-corrected chi connectivity index (χ1v) is 6.38. The SMILES string of the molecule is CCN(CC)CCOc1cccc([C@H](C)N)c1. The van der Waals surface area contributed by atoms with E-state index in [-0.39, 0.29) is 6.04 Å². The average molecular weight is 236 g/mol. The van der Waals surface area contributed by atoms with E-state index >= 15 is 0 Å². The summed E-state index contributed by atoms with van der Waals surface area (Å²) in [4.78, 5) is 2.34. The highest BCUT2D eigenvalue weighted by molar-refractivity contribution is 5.30. The summed E-state index contributed by atoms with van der Waals surface area (Å²) < 4.78 is 5.73. The molecule has 0 bridgehead atoms. The lowest BCUT2D eigenvalue weighted by Crippen LogP contribution is -2.27. The van der Waals surface area contributed by atoms with Gasteiger partial charge in [0, 0.05) is 12.6 Å². The Hall–Kier alpha value is -1.06. The van der Waals surface area contributed by atoms with Gasteiger partial charge in [-0.2, -0.15) is 0 Å². The molecular formula is C14H24N2O. The van der Waals surface area contributed by atoms with Crippen LogP contribution in [0.3, 0.4) is 0 Å². The van der Waals surface area contributed by atoms with Crippen LogP contribution in [-0.2, 0) is 0 Å². The van der Waals surface area contributed by atoms with Crippen LogP contribution in [0.2, 0.25) is 0 Å². The number of benzene rings is 1. The minimum Gasteiger partial charge on any atom is -0.492 e. The molecule has 0 unspecified atom stereocenters. The molecule has 0 heterocycles. The van der Waals surface area contributed by atoms with Gasteiger partial charge in [-0.3, -0.25) is 0 Å². The fourth-order valence-corrected chi connectivity index (χ4v) is 1.72. The second kappa shape index (κ2) is 7.30. The van der Waals surface area contributed by atoms with Gasteiger partial charge in [0.25, 0.3) is 0 Å². The monoisotopic (exact) mass is 236 g/mol. The Morgan fingerprint density at radius 1 is 1.29 bits per heavy atom. The van der Waals surface area contributed by atoms with Crippen molar-refractivity contribution in [3.63, 3.8) is 0 Å². The minimum absolute atomic E-state index is 0.0568. The Bertz CT molecular complexity index is 322. The molecule has 17 heavy (non-hydrogen) atoms. The topological polar surface area (TPSA) is 38.5 Å². The molecule has 1 atom stereocenters. The van der Waals surface area contributed by atoms with Crippen LogP contribution in [0.4, 0.5) is 0 Å². The summed E-state index contributed by atoms with van der Waals surface area (Å²) in [5.74, 6) is 0.909. The summed E-state index contributed by atoms with van der Waals surface area (Å²) in [6.07, 6.45) is 0. The first-order chi connectivity index (χ1) is 8.17. The third-order valence-electron chi connectivity index (χ3n) is 2.95. The van der Waals surface area contributed by atoms with E-state index in [1.54, 1.807) is 0 Å². The van der Waals surface area contributed by atoms with Gasteiger partial charge in [-0.15, -0.1) is 0 Å². The molecule has 0 aliphatic rings. The Kier molecular flexibility index (Phi) is 6.01. The van der Waals surface area contributed by atoms with Gasteiger partial charge in [0.15, 0.2) is 0 Å². The van der Waals surface area contributed by atoms with Crippen molar-refractivity contribution < 1.29 is 4.74 Å². The molecule has 0 spiro atoms. The maximum Gasteiger partial charge on any atom is 0.119 e. The van der Waals surface area contributed by atoms with Crippen molar-refractivity contribution in [3.05, 3.63) is 29.8 Å². The maximum atomic E-state index is 5.84. The van der Waals surface area contributed by atoms with Gasteiger partial charge in [0.05, 0.1) is 0 Å². The van der Waals surface area contributed by atoms with E-state index in [0.29, 0.717) is 0 Å². The van der Waals surface area contributed by atoms with Crippen LogP contribution in [0.5, 0.6) is 5.75 Å². The molecule has 0 saturated heterocycles. The summed E-state index contributed by atoms with van der Waals surface area (Å²) in [5.41, 5.74) is 6.95. The molecule has 2 N–H and O–H groups in total. The lowest BCUT2D eigenvalue weighted by atomic mass is 10.1. The van der Waals surface area contributed by atoms with E-state index < -0.39 is 0 Å². The van der Waals surface area contributed by atoms with Gasteiger partial charge >= 0.3 is 0 Å². The molecule has 3 heteroatoms. The zero-order valence-corrected chi connectivity index (χ0v) is 11.1. The van der Waals surface area contributed by atoms with Crippen molar-refractivity contribution in [1.82, 2.24) is 4.90 Å². The average Bonchev–Trinajstić information content (AvgIpc) is 2.35. The predicted octanol–water partition coefficient (Wildman–Crippen LogP) is 2.43. The normalized spacial score (nSPS) is 12.8. The lowest BCUT2D eigenvalue weighted by Gasteiger charge is -2.18. The molecule has 1 aromatic rings. The Morgan fingerprint density at radius 2 is 2.00 bits per heavy atom. The molecule has 0 fully saturated rings. The number of ether oxygens (including phenoxy) is 1. The molecule has 0 aliphatic heterocycles. The van der Waals surface area contributed by atoms with Crippen LogP contribution in [0.1, 0.15) is 32.4 Å². The van der Waals surface area contributed by atoms with Crippen LogP contribution in [0.25, 0.3) is 0 Å². The van der Waals surface area contributed by atoms with Crippen LogP contribution in [-0.4, -0.2) is 31.1 Å². The molecule has 0 saturated carbocycles. The van der Waals surface area contributed by atoms with E-state index in [1.165, 1.54) is 0 Å². The van der Waals surface area contributed by atoms with E-state index in [4.69, 9.17) is 10.5 Å². The molecule has 96 valence electrons. The van der Waals surface area contributed by atoms with Crippen molar-refractivity contribution in [3.8, 4) is 5.75 Å². The van der Waals surface area contributed by atoms with Crippen LogP contribution >= 0.6 is 0 Å². The second-order valence-electron chi connectivity index (χ2n) is 4.24. The van der Waals surface area contributed by atoms with Crippen LogP contribution in [0.15, 0.2) is 24.3 Å². The van der Waals surface area contributed by atoms with Gasteiger partial charge in [0.2, 0.25) is 0 Å². The predicted molar refractivity (Wildman–Crippen MR) is 72.3 cm³/mol. The number of nitrogens with zero attached hydrogens (tertiary/aromatic N) is 1. The minimum atomic E-state index is 0.0568. The van der Waals surface area contributed by atoms with Crippen molar-refractivity contribution in [2.24, 2.45) is 5.73 Å². The second-order valence-corrected chi connectivity index (χ2v) is 4.24. The number of rotatable bonds is 7. The highest BCUT2D eigenvalue weighted by atomic mass is 16.5. The van der Waals surface area contributed by atoms with E-state index in [9.17, 15) is 0 Å². The van der Waals surface area contributed by atoms with E-state index in [2.05, 4.69) is 18.7 Å². The quantitative estimate of drug-likeness (QED) is 0.790. The molecule has 3 nitrogen and oxygen atoms in total. The first kappa shape index (κ1) is 14.0. The smallest absolute Gasteiger partial charge is 0.119 e. The Balaban J connectivity index is 2.43. The third-order valence-corrected chi connectivity index (χ3v) is 2.95. The van der Waals surface area contributed by atoms with Crippen molar-refractivity contribution in [1.29, 1.82) is 0 Å². The molecule has 0 radical (unpaired) electrons. The molecule has 0 aliphatic carbocycles. The lowest BCUT2D eigenvalue weighted by molar-refractivity contribution is 0.222. The van der Waals surface area contributed by atoms with E-state index in [1.807, 2.05) is 31.2 Å². The molecule has 1 aromatic carbocycles. The molecule has 1 rings (SSSR count). The zero-order valence-electron chi connectivity index (χ0n) is 11.1. The summed E-state index contributed by atoms with van der Waals surface area (Å²) in [6, 6.07) is 8.08. The number of hydrogen-bond donors (Lipinski definition) is 1. The number of hydrogen-bond acceptors (Lipinski definition) is 3. The highest BCUT2D eigenvalue weighted by Gasteiger charge is 2.02. The maximum absolute atomic E-state index is 5.84. The fraction of sp³-hybridized carbons (Fsp3) is 0.571.